The third-order valence-corrected chi connectivity index (χ3v) is 4.31. The Morgan fingerprint density at radius 3 is 2.61 bits per heavy atom. The Morgan fingerprint density at radius 2 is 2.07 bits per heavy atom. The van der Waals surface area contributed by atoms with E-state index in [1.807, 2.05) is 0 Å². The molecular weight excluding hydrogens is 370 g/mol. The normalized spacial score (nSPS) is 14.2. The van der Waals surface area contributed by atoms with Crippen LogP contribution in [0.15, 0.2) is 12.3 Å². The lowest BCUT2D eigenvalue weighted by Crippen LogP contribution is -2.27. The van der Waals surface area contributed by atoms with Crippen LogP contribution in [0.2, 0.25) is 0 Å². The number of carbonyl (C=O) groups excluding carboxylic acids is 2. The van der Waals surface area contributed by atoms with Gasteiger partial charge in [0, 0.05) is 17.7 Å². The molecule has 0 radical (unpaired) electrons. The number of amides is 1. The number of halogens is 2. The van der Waals surface area contributed by atoms with Crippen LogP contribution in [0, 0.1) is 6.92 Å². The molecule has 0 atom stereocenters. The molecule has 1 amide bonds. The minimum atomic E-state index is -2.80. The average Bonchev–Trinajstić information content (AvgIpc) is 3.35. The highest BCUT2D eigenvalue weighted by Gasteiger charge is 2.34. The highest BCUT2D eigenvalue weighted by molar-refractivity contribution is 5.98. The van der Waals surface area contributed by atoms with E-state index in [-0.39, 0.29) is 28.6 Å². The van der Waals surface area contributed by atoms with Gasteiger partial charge in [-0.25, -0.2) is 9.48 Å². The van der Waals surface area contributed by atoms with Crippen molar-refractivity contribution in [3.8, 4) is 11.3 Å². The summed E-state index contributed by atoms with van der Waals surface area (Å²) in [5.41, 5.74) is 0.930. The van der Waals surface area contributed by atoms with Crippen molar-refractivity contribution >= 4 is 18.1 Å². The Bertz CT molecular complexity index is 915. The zero-order valence-electron chi connectivity index (χ0n) is 16.1. The number of rotatable bonds is 5. The van der Waals surface area contributed by atoms with Crippen molar-refractivity contribution in [2.45, 2.75) is 58.6 Å². The van der Waals surface area contributed by atoms with E-state index in [9.17, 15) is 18.4 Å². The molecule has 7 nitrogen and oxygen atoms in total. The molecule has 1 N–H and O–H groups in total. The summed E-state index contributed by atoms with van der Waals surface area (Å²) in [6.45, 7) is 3.87. The summed E-state index contributed by atoms with van der Waals surface area (Å²) in [6, 6.07) is 1.46. The Morgan fingerprint density at radius 1 is 1.39 bits per heavy atom. The molecule has 2 aromatic heterocycles. The molecule has 2 aromatic rings. The van der Waals surface area contributed by atoms with Crippen LogP contribution in [-0.2, 0) is 4.74 Å². The van der Waals surface area contributed by atoms with Crippen LogP contribution in [0.1, 0.15) is 67.8 Å². The van der Waals surface area contributed by atoms with Crippen LogP contribution in [0.4, 0.5) is 19.3 Å². The second-order valence-electron chi connectivity index (χ2n) is 7.71. The number of nitrogens with zero attached hydrogens (tertiary/aromatic N) is 3. The standard InChI is InChI=1S/C19H22F2N4O3/c1-10-14(15(11-5-6-11)24-25(10)17(20)21)16-12(9-26)13(7-8-22-16)23-18(27)28-19(2,3)4/h7-9,11,17H,5-6H2,1-4H3,(H,22,23,27). The summed E-state index contributed by atoms with van der Waals surface area (Å²) >= 11 is 0. The third kappa shape index (κ3) is 4.02. The summed E-state index contributed by atoms with van der Waals surface area (Å²) in [5, 5.41) is 6.59. The summed E-state index contributed by atoms with van der Waals surface area (Å²) < 4.78 is 32.6. The van der Waals surface area contributed by atoms with Gasteiger partial charge in [0.1, 0.15) is 5.60 Å². The maximum absolute atomic E-state index is 13.3. The van der Waals surface area contributed by atoms with E-state index < -0.39 is 18.2 Å². The number of carbonyl (C=O) groups is 2. The molecule has 2 heterocycles. The van der Waals surface area contributed by atoms with Crippen molar-refractivity contribution in [3.63, 3.8) is 0 Å². The van der Waals surface area contributed by atoms with Crippen molar-refractivity contribution in [1.82, 2.24) is 14.8 Å². The molecule has 3 rings (SSSR count). The smallest absolute Gasteiger partial charge is 0.412 e. The Hall–Kier alpha value is -2.84. The number of alkyl halides is 2. The molecular formula is C19H22F2N4O3. The Labute approximate surface area is 161 Å². The predicted octanol–water partition coefficient (Wildman–Crippen LogP) is 4.69. The SMILES string of the molecule is Cc1c(-c2nccc(NC(=O)OC(C)(C)C)c2C=O)c(C2CC2)nn1C(F)F. The first-order valence-corrected chi connectivity index (χ1v) is 8.94. The van der Waals surface area contributed by atoms with E-state index in [1.165, 1.54) is 19.2 Å². The average molecular weight is 392 g/mol. The van der Waals surface area contributed by atoms with E-state index in [1.54, 1.807) is 20.8 Å². The summed E-state index contributed by atoms with van der Waals surface area (Å²) in [7, 11) is 0. The van der Waals surface area contributed by atoms with E-state index in [4.69, 9.17) is 4.74 Å². The van der Waals surface area contributed by atoms with Gasteiger partial charge in [-0.05, 0) is 46.6 Å². The maximum Gasteiger partial charge on any atom is 0.412 e. The number of pyridine rings is 1. The highest BCUT2D eigenvalue weighted by Crippen LogP contribution is 2.46. The van der Waals surface area contributed by atoms with Crippen LogP contribution in [0.25, 0.3) is 11.3 Å². The Balaban J connectivity index is 2.07. The van der Waals surface area contributed by atoms with Crippen LogP contribution >= 0.6 is 0 Å². The number of nitrogens with one attached hydrogen (secondary N) is 1. The van der Waals surface area contributed by atoms with Gasteiger partial charge in [0.15, 0.2) is 6.29 Å². The second-order valence-corrected chi connectivity index (χ2v) is 7.71. The first kappa shape index (κ1) is 19.9. The Kier molecular flexibility index (Phi) is 5.18. The molecule has 1 saturated carbocycles. The van der Waals surface area contributed by atoms with E-state index in [0.717, 1.165) is 12.8 Å². The van der Waals surface area contributed by atoms with Gasteiger partial charge in [-0.1, -0.05) is 0 Å². The summed E-state index contributed by atoms with van der Waals surface area (Å²) in [4.78, 5) is 28.2. The molecule has 0 bridgehead atoms. The molecule has 9 heteroatoms. The van der Waals surface area contributed by atoms with E-state index in [0.29, 0.717) is 22.2 Å². The minimum absolute atomic E-state index is 0.0671. The molecule has 1 aliphatic rings. The number of anilines is 1. The molecule has 1 fully saturated rings. The molecule has 0 aromatic carbocycles. The molecule has 0 unspecified atom stereocenters. The topological polar surface area (TPSA) is 86.1 Å². The van der Waals surface area contributed by atoms with Gasteiger partial charge in [-0.2, -0.15) is 13.9 Å². The number of aromatic nitrogens is 3. The quantitative estimate of drug-likeness (QED) is 0.747. The lowest BCUT2D eigenvalue weighted by atomic mass is 10.0. The zero-order valence-corrected chi connectivity index (χ0v) is 16.1. The van der Waals surface area contributed by atoms with Crippen LogP contribution < -0.4 is 5.32 Å². The number of hydrogen-bond donors (Lipinski definition) is 1. The fourth-order valence-electron chi connectivity index (χ4n) is 2.98. The van der Waals surface area contributed by atoms with Gasteiger partial charge in [0.2, 0.25) is 0 Å². The lowest BCUT2D eigenvalue weighted by molar-refractivity contribution is 0.0540. The number of aldehydes is 1. The van der Waals surface area contributed by atoms with Crippen LogP contribution in [0.5, 0.6) is 0 Å². The molecule has 0 saturated heterocycles. The first-order valence-electron chi connectivity index (χ1n) is 8.94. The molecule has 28 heavy (non-hydrogen) atoms. The highest BCUT2D eigenvalue weighted by atomic mass is 19.3. The summed E-state index contributed by atoms with van der Waals surface area (Å²) in [5.74, 6) is 0.0671. The minimum Gasteiger partial charge on any atom is -0.444 e. The molecule has 0 aliphatic heterocycles. The summed E-state index contributed by atoms with van der Waals surface area (Å²) in [6.07, 6.45) is 2.92. The van der Waals surface area contributed by atoms with Gasteiger partial charge in [0.05, 0.1) is 28.3 Å². The fourth-order valence-corrected chi connectivity index (χ4v) is 2.98. The van der Waals surface area contributed by atoms with Gasteiger partial charge < -0.3 is 4.74 Å². The number of ether oxygens (including phenoxy) is 1. The van der Waals surface area contributed by atoms with Crippen LogP contribution in [0.3, 0.4) is 0 Å². The number of hydrogen-bond acceptors (Lipinski definition) is 5. The lowest BCUT2D eigenvalue weighted by Gasteiger charge is -2.20. The maximum atomic E-state index is 13.3. The van der Waals surface area contributed by atoms with E-state index >= 15 is 0 Å². The van der Waals surface area contributed by atoms with Gasteiger partial charge in [-0.15, -0.1) is 0 Å². The molecule has 0 spiro atoms. The third-order valence-electron chi connectivity index (χ3n) is 4.31. The van der Waals surface area contributed by atoms with Gasteiger partial charge in [0.25, 0.3) is 0 Å². The largest absolute Gasteiger partial charge is 0.444 e. The second kappa shape index (κ2) is 7.29. The monoisotopic (exact) mass is 392 g/mol. The van der Waals surface area contributed by atoms with Crippen molar-refractivity contribution in [3.05, 3.63) is 29.2 Å². The van der Waals surface area contributed by atoms with Crippen LogP contribution in [-0.4, -0.2) is 32.7 Å². The van der Waals surface area contributed by atoms with Crippen molar-refractivity contribution in [2.24, 2.45) is 0 Å². The first-order chi connectivity index (χ1) is 13.1. The fraction of sp³-hybridized carbons (Fsp3) is 0.474. The molecule has 1 aliphatic carbocycles. The van der Waals surface area contributed by atoms with Crippen molar-refractivity contribution < 1.29 is 23.1 Å². The van der Waals surface area contributed by atoms with Gasteiger partial charge >= 0.3 is 12.6 Å². The van der Waals surface area contributed by atoms with Crippen molar-refractivity contribution in [1.29, 1.82) is 0 Å². The predicted molar refractivity (Wildman–Crippen MR) is 98.7 cm³/mol. The van der Waals surface area contributed by atoms with Gasteiger partial charge in [-0.3, -0.25) is 15.1 Å². The van der Waals surface area contributed by atoms with Crippen molar-refractivity contribution in [2.75, 3.05) is 5.32 Å². The molecule has 150 valence electrons. The zero-order chi connectivity index (χ0) is 20.6. The van der Waals surface area contributed by atoms with E-state index in [2.05, 4.69) is 15.4 Å².